The summed E-state index contributed by atoms with van der Waals surface area (Å²) in [5.74, 6) is 0.604. The molecular formula is C8H12ClNO3S. The Morgan fingerprint density at radius 1 is 1.50 bits per heavy atom. The summed E-state index contributed by atoms with van der Waals surface area (Å²) in [6.07, 6.45) is 0. The highest BCUT2D eigenvalue weighted by molar-refractivity contribution is 7.89. The molecule has 0 radical (unpaired) electrons. The van der Waals surface area contributed by atoms with Gasteiger partial charge in [0.2, 0.25) is 5.09 Å². The van der Waals surface area contributed by atoms with Crippen molar-refractivity contribution in [3.8, 4) is 0 Å². The smallest absolute Gasteiger partial charge is 0.274 e. The molecule has 0 aliphatic carbocycles. The standard InChI is InChI=1S/C8H12ClNO3S/c1-6(2)10-14(11,12)8-4-3-7(5-9)13-8/h3-4,6,10H,5H2,1-2H3. The van der Waals surface area contributed by atoms with Gasteiger partial charge in [-0.15, -0.1) is 11.6 Å². The Morgan fingerprint density at radius 3 is 2.57 bits per heavy atom. The lowest BCUT2D eigenvalue weighted by molar-refractivity contribution is 0.420. The summed E-state index contributed by atoms with van der Waals surface area (Å²) >= 11 is 5.49. The maximum absolute atomic E-state index is 11.5. The van der Waals surface area contributed by atoms with Crippen LogP contribution in [-0.2, 0) is 15.9 Å². The van der Waals surface area contributed by atoms with Gasteiger partial charge < -0.3 is 4.42 Å². The molecule has 0 amide bonds. The zero-order valence-corrected chi connectivity index (χ0v) is 9.52. The fourth-order valence-electron chi connectivity index (χ4n) is 0.943. The number of hydrogen-bond donors (Lipinski definition) is 1. The molecule has 0 saturated heterocycles. The minimum Gasteiger partial charge on any atom is -0.447 e. The van der Waals surface area contributed by atoms with Crippen molar-refractivity contribution in [3.63, 3.8) is 0 Å². The summed E-state index contributed by atoms with van der Waals surface area (Å²) in [5, 5.41) is -0.0955. The molecule has 0 unspecified atom stereocenters. The second-order valence-corrected chi connectivity index (χ2v) is 5.04. The number of hydrogen-bond acceptors (Lipinski definition) is 3. The van der Waals surface area contributed by atoms with Crippen molar-refractivity contribution in [2.75, 3.05) is 0 Å². The molecule has 6 heteroatoms. The predicted molar refractivity (Wildman–Crippen MR) is 53.7 cm³/mol. The third-order valence-electron chi connectivity index (χ3n) is 1.42. The van der Waals surface area contributed by atoms with Crippen molar-refractivity contribution in [2.45, 2.75) is 30.9 Å². The van der Waals surface area contributed by atoms with E-state index < -0.39 is 10.0 Å². The quantitative estimate of drug-likeness (QED) is 0.811. The van der Waals surface area contributed by atoms with E-state index in [2.05, 4.69) is 4.72 Å². The topological polar surface area (TPSA) is 59.3 Å². The average molecular weight is 238 g/mol. The third kappa shape index (κ3) is 2.73. The van der Waals surface area contributed by atoms with Crippen LogP contribution in [0.3, 0.4) is 0 Å². The van der Waals surface area contributed by atoms with Crippen molar-refractivity contribution in [2.24, 2.45) is 0 Å². The van der Waals surface area contributed by atoms with Crippen LogP contribution in [-0.4, -0.2) is 14.5 Å². The summed E-state index contributed by atoms with van der Waals surface area (Å²) in [7, 11) is -3.52. The minimum absolute atomic E-state index is 0.0955. The molecule has 0 aromatic carbocycles. The van der Waals surface area contributed by atoms with E-state index in [1.54, 1.807) is 19.9 Å². The third-order valence-corrected chi connectivity index (χ3v) is 3.22. The van der Waals surface area contributed by atoms with Crippen LogP contribution in [0.4, 0.5) is 0 Å². The van der Waals surface area contributed by atoms with Gasteiger partial charge in [0.1, 0.15) is 5.76 Å². The van der Waals surface area contributed by atoms with E-state index in [-0.39, 0.29) is 17.0 Å². The van der Waals surface area contributed by atoms with Gasteiger partial charge in [-0.1, -0.05) is 0 Å². The van der Waals surface area contributed by atoms with Gasteiger partial charge >= 0.3 is 0 Å². The van der Waals surface area contributed by atoms with Crippen molar-refractivity contribution < 1.29 is 12.8 Å². The van der Waals surface area contributed by atoms with E-state index in [1.807, 2.05) is 0 Å². The first kappa shape index (κ1) is 11.6. The van der Waals surface area contributed by atoms with Gasteiger partial charge in [0.15, 0.2) is 0 Å². The second kappa shape index (κ2) is 4.33. The molecule has 0 spiro atoms. The van der Waals surface area contributed by atoms with E-state index in [4.69, 9.17) is 16.0 Å². The number of rotatable bonds is 4. The lowest BCUT2D eigenvalue weighted by Gasteiger charge is -2.06. The maximum atomic E-state index is 11.5. The summed E-state index contributed by atoms with van der Waals surface area (Å²) in [6, 6.07) is 2.77. The molecule has 1 N–H and O–H groups in total. The SMILES string of the molecule is CC(C)NS(=O)(=O)c1ccc(CCl)o1. The zero-order valence-electron chi connectivity index (χ0n) is 7.95. The number of alkyl halides is 1. The lowest BCUT2D eigenvalue weighted by atomic mass is 10.4. The van der Waals surface area contributed by atoms with Gasteiger partial charge in [0.25, 0.3) is 10.0 Å². The molecule has 1 heterocycles. The fourth-order valence-corrected chi connectivity index (χ4v) is 2.29. The second-order valence-electron chi connectivity index (χ2n) is 3.13. The Morgan fingerprint density at radius 2 is 2.14 bits per heavy atom. The number of furan rings is 1. The van der Waals surface area contributed by atoms with Gasteiger partial charge in [0, 0.05) is 6.04 Å². The maximum Gasteiger partial charge on any atom is 0.274 e. The van der Waals surface area contributed by atoms with E-state index in [0.717, 1.165) is 0 Å². The molecule has 0 atom stereocenters. The van der Waals surface area contributed by atoms with Crippen LogP contribution in [0, 0.1) is 0 Å². The summed E-state index contributed by atoms with van der Waals surface area (Å²) in [5.41, 5.74) is 0. The molecule has 1 aromatic rings. The molecule has 0 bridgehead atoms. The highest BCUT2D eigenvalue weighted by Gasteiger charge is 2.19. The van der Waals surface area contributed by atoms with Gasteiger partial charge in [0.05, 0.1) is 5.88 Å². The van der Waals surface area contributed by atoms with Crippen LogP contribution in [0.5, 0.6) is 0 Å². The van der Waals surface area contributed by atoms with Crippen molar-refractivity contribution in [3.05, 3.63) is 17.9 Å². The van der Waals surface area contributed by atoms with E-state index in [1.165, 1.54) is 6.07 Å². The molecule has 1 rings (SSSR count). The monoisotopic (exact) mass is 237 g/mol. The molecule has 0 aliphatic rings. The van der Waals surface area contributed by atoms with Crippen LogP contribution in [0.25, 0.3) is 0 Å². The van der Waals surface area contributed by atoms with Gasteiger partial charge in [-0.2, -0.15) is 0 Å². The van der Waals surface area contributed by atoms with Crippen molar-refractivity contribution in [1.29, 1.82) is 0 Å². The largest absolute Gasteiger partial charge is 0.447 e. The summed E-state index contributed by atoms with van der Waals surface area (Å²) in [6.45, 7) is 3.48. The van der Waals surface area contributed by atoms with Crippen molar-refractivity contribution in [1.82, 2.24) is 4.72 Å². The normalized spacial score (nSPS) is 12.3. The Kier molecular flexibility index (Phi) is 3.58. The lowest BCUT2D eigenvalue weighted by Crippen LogP contribution is -2.29. The zero-order chi connectivity index (χ0) is 10.8. The fraction of sp³-hybridized carbons (Fsp3) is 0.500. The van der Waals surface area contributed by atoms with Crippen LogP contribution >= 0.6 is 11.6 Å². The minimum atomic E-state index is -3.52. The first-order valence-corrected chi connectivity index (χ1v) is 6.14. The van der Waals surface area contributed by atoms with Crippen molar-refractivity contribution >= 4 is 21.6 Å². The molecule has 4 nitrogen and oxygen atoms in total. The Labute approximate surface area is 88.3 Å². The molecular weight excluding hydrogens is 226 g/mol. The highest BCUT2D eigenvalue weighted by Crippen LogP contribution is 2.15. The summed E-state index contributed by atoms with van der Waals surface area (Å²) < 4.78 is 30.5. The molecule has 80 valence electrons. The van der Waals surface area contributed by atoms with Gasteiger partial charge in [-0.05, 0) is 26.0 Å². The van der Waals surface area contributed by atoms with Crippen LogP contribution in [0.2, 0.25) is 0 Å². The Bertz CT molecular complexity index is 396. The van der Waals surface area contributed by atoms with Gasteiger partial charge in [-0.25, -0.2) is 13.1 Å². The Hall–Kier alpha value is -0.520. The molecule has 14 heavy (non-hydrogen) atoms. The van der Waals surface area contributed by atoms with Gasteiger partial charge in [-0.3, -0.25) is 0 Å². The molecule has 0 fully saturated rings. The summed E-state index contributed by atoms with van der Waals surface area (Å²) in [4.78, 5) is 0. The predicted octanol–water partition coefficient (Wildman–Crippen LogP) is 1.71. The molecule has 0 saturated carbocycles. The van der Waals surface area contributed by atoms with E-state index >= 15 is 0 Å². The highest BCUT2D eigenvalue weighted by atomic mass is 35.5. The molecule has 1 aromatic heterocycles. The van der Waals surface area contributed by atoms with Crippen LogP contribution in [0.1, 0.15) is 19.6 Å². The number of sulfonamides is 1. The van der Waals surface area contributed by atoms with Crippen LogP contribution < -0.4 is 4.72 Å². The number of nitrogens with one attached hydrogen (secondary N) is 1. The van der Waals surface area contributed by atoms with Crippen LogP contribution in [0.15, 0.2) is 21.6 Å². The Balaban J connectivity index is 2.93. The first-order valence-electron chi connectivity index (χ1n) is 4.12. The first-order chi connectivity index (χ1) is 6.45. The molecule has 0 aliphatic heterocycles. The average Bonchev–Trinajstić information content (AvgIpc) is 2.49. The van der Waals surface area contributed by atoms with E-state index in [9.17, 15) is 8.42 Å². The van der Waals surface area contributed by atoms with E-state index in [0.29, 0.717) is 5.76 Å². The number of halogens is 1.